The smallest absolute Gasteiger partial charge is 0.404 e. The molecule has 0 aromatic carbocycles. The standard InChI is InChI=1S/C7H9NO2S/c1-5-2-3-11-6(5)4-8-7(9)10/h2-3,8H,4H2,1H3,(H,9,10). The van der Waals surface area contributed by atoms with Crippen LogP contribution >= 0.6 is 11.3 Å². The summed E-state index contributed by atoms with van der Waals surface area (Å²) in [6.07, 6.45) is -0.974. The Hall–Kier alpha value is -1.03. The van der Waals surface area contributed by atoms with E-state index < -0.39 is 6.09 Å². The second kappa shape index (κ2) is 3.39. The van der Waals surface area contributed by atoms with Crippen LogP contribution in [-0.2, 0) is 6.54 Å². The van der Waals surface area contributed by atoms with Crippen molar-refractivity contribution in [2.45, 2.75) is 13.5 Å². The summed E-state index contributed by atoms with van der Waals surface area (Å²) < 4.78 is 0. The third-order valence-corrected chi connectivity index (χ3v) is 2.39. The van der Waals surface area contributed by atoms with E-state index >= 15 is 0 Å². The SMILES string of the molecule is Cc1ccsc1CNC(=O)O. The maximum Gasteiger partial charge on any atom is 0.404 e. The molecule has 1 aromatic rings. The summed E-state index contributed by atoms with van der Waals surface area (Å²) in [6, 6.07) is 1.98. The lowest BCUT2D eigenvalue weighted by molar-refractivity contribution is 0.194. The highest BCUT2D eigenvalue weighted by molar-refractivity contribution is 7.10. The molecule has 0 atom stereocenters. The molecule has 4 heteroatoms. The van der Waals surface area contributed by atoms with E-state index in [9.17, 15) is 4.79 Å². The first-order chi connectivity index (χ1) is 5.20. The van der Waals surface area contributed by atoms with Crippen molar-refractivity contribution < 1.29 is 9.90 Å². The molecule has 0 aliphatic heterocycles. The van der Waals surface area contributed by atoms with Gasteiger partial charge in [-0.25, -0.2) is 4.79 Å². The third kappa shape index (κ3) is 2.23. The second-order valence-electron chi connectivity index (χ2n) is 2.19. The summed E-state index contributed by atoms with van der Waals surface area (Å²) in [5.74, 6) is 0. The first-order valence-electron chi connectivity index (χ1n) is 3.20. The van der Waals surface area contributed by atoms with Crippen LogP contribution in [0.5, 0.6) is 0 Å². The first kappa shape index (κ1) is 8.07. The van der Waals surface area contributed by atoms with Gasteiger partial charge < -0.3 is 10.4 Å². The van der Waals surface area contributed by atoms with E-state index in [1.54, 1.807) is 11.3 Å². The number of nitrogens with one attached hydrogen (secondary N) is 1. The largest absolute Gasteiger partial charge is 0.465 e. The van der Waals surface area contributed by atoms with E-state index in [0.717, 1.165) is 10.4 Å². The van der Waals surface area contributed by atoms with Gasteiger partial charge in [-0.05, 0) is 23.9 Å². The lowest BCUT2D eigenvalue weighted by Crippen LogP contribution is -2.19. The Labute approximate surface area is 68.7 Å². The fraction of sp³-hybridized carbons (Fsp3) is 0.286. The van der Waals surface area contributed by atoms with Gasteiger partial charge in [-0.15, -0.1) is 11.3 Å². The summed E-state index contributed by atoms with van der Waals surface area (Å²) in [6.45, 7) is 2.38. The Morgan fingerprint density at radius 2 is 2.55 bits per heavy atom. The molecular formula is C7H9NO2S. The molecule has 1 rings (SSSR count). The van der Waals surface area contributed by atoms with Crippen LogP contribution in [0, 0.1) is 6.92 Å². The number of carboxylic acid groups (broad SMARTS) is 1. The maximum absolute atomic E-state index is 10.1. The van der Waals surface area contributed by atoms with Gasteiger partial charge in [0.2, 0.25) is 0 Å². The zero-order valence-corrected chi connectivity index (χ0v) is 6.94. The van der Waals surface area contributed by atoms with Crippen LogP contribution in [-0.4, -0.2) is 11.2 Å². The molecule has 0 bridgehead atoms. The molecule has 3 nitrogen and oxygen atoms in total. The van der Waals surface area contributed by atoms with Crippen molar-refractivity contribution >= 4 is 17.4 Å². The minimum absolute atomic E-state index is 0.416. The highest BCUT2D eigenvalue weighted by Crippen LogP contribution is 2.14. The van der Waals surface area contributed by atoms with E-state index in [0.29, 0.717) is 6.54 Å². The number of carbonyl (C=O) groups is 1. The van der Waals surface area contributed by atoms with Crippen LogP contribution in [0.3, 0.4) is 0 Å². The predicted octanol–water partition coefficient (Wildman–Crippen LogP) is 1.82. The lowest BCUT2D eigenvalue weighted by Gasteiger charge is -1.97. The minimum Gasteiger partial charge on any atom is -0.465 e. The monoisotopic (exact) mass is 171 g/mol. The van der Waals surface area contributed by atoms with Gasteiger partial charge in [0.05, 0.1) is 6.54 Å². The summed E-state index contributed by atoms with van der Waals surface area (Å²) in [5.41, 5.74) is 1.14. The van der Waals surface area contributed by atoms with Crippen molar-refractivity contribution in [2.75, 3.05) is 0 Å². The molecule has 0 unspecified atom stereocenters. The number of rotatable bonds is 2. The van der Waals surface area contributed by atoms with Crippen molar-refractivity contribution in [3.63, 3.8) is 0 Å². The third-order valence-electron chi connectivity index (χ3n) is 1.37. The summed E-state index contributed by atoms with van der Waals surface area (Å²) >= 11 is 1.57. The van der Waals surface area contributed by atoms with Crippen LogP contribution in [0.15, 0.2) is 11.4 Å². The van der Waals surface area contributed by atoms with Gasteiger partial charge in [0.15, 0.2) is 0 Å². The molecule has 0 saturated heterocycles. The van der Waals surface area contributed by atoms with Crippen molar-refractivity contribution in [1.82, 2.24) is 5.32 Å². The highest BCUT2D eigenvalue weighted by Gasteiger charge is 2.00. The van der Waals surface area contributed by atoms with E-state index in [1.807, 2.05) is 18.4 Å². The fourth-order valence-corrected chi connectivity index (χ4v) is 1.59. The van der Waals surface area contributed by atoms with Gasteiger partial charge in [0, 0.05) is 4.88 Å². The predicted molar refractivity (Wildman–Crippen MR) is 43.9 cm³/mol. The molecule has 1 heterocycles. The highest BCUT2D eigenvalue weighted by atomic mass is 32.1. The molecule has 0 fully saturated rings. The lowest BCUT2D eigenvalue weighted by atomic mass is 10.3. The molecule has 2 N–H and O–H groups in total. The van der Waals surface area contributed by atoms with Crippen LogP contribution in [0.4, 0.5) is 4.79 Å². The van der Waals surface area contributed by atoms with Gasteiger partial charge in [0.1, 0.15) is 0 Å². The Balaban J connectivity index is 2.51. The van der Waals surface area contributed by atoms with Crippen molar-refractivity contribution in [3.8, 4) is 0 Å². The van der Waals surface area contributed by atoms with Gasteiger partial charge in [-0.2, -0.15) is 0 Å². The Bertz CT molecular complexity index is 257. The zero-order valence-electron chi connectivity index (χ0n) is 6.13. The Morgan fingerprint density at radius 3 is 3.00 bits per heavy atom. The minimum atomic E-state index is -0.974. The maximum atomic E-state index is 10.1. The summed E-state index contributed by atoms with van der Waals surface area (Å²) in [7, 11) is 0. The molecular weight excluding hydrogens is 162 g/mol. The molecule has 0 aliphatic rings. The average molecular weight is 171 g/mol. The molecule has 1 aromatic heterocycles. The molecule has 1 amide bonds. The van der Waals surface area contributed by atoms with E-state index in [1.165, 1.54) is 0 Å². The van der Waals surface area contributed by atoms with Gasteiger partial charge in [-0.1, -0.05) is 0 Å². The van der Waals surface area contributed by atoms with Crippen LogP contribution in [0.25, 0.3) is 0 Å². The molecule has 0 saturated carbocycles. The van der Waals surface area contributed by atoms with E-state index in [-0.39, 0.29) is 0 Å². The summed E-state index contributed by atoms with van der Waals surface area (Å²) in [4.78, 5) is 11.2. The Morgan fingerprint density at radius 1 is 1.82 bits per heavy atom. The topological polar surface area (TPSA) is 49.3 Å². The van der Waals surface area contributed by atoms with Crippen molar-refractivity contribution in [3.05, 3.63) is 21.9 Å². The molecule has 0 aliphatic carbocycles. The Kier molecular flexibility index (Phi) is 2.48. The number of amides is 1. The number of thiophene rings is 1. The van der Waals surface area contributed by atoms with Gasteiger partial charge in [0.25, 0.3) is 0 Å². The van der Waals surface area contributed by atoms with E-state index in [2.05, 4.69) is 5.32 Å². The molecule has 0 radical (unpaired) electrons. The van der Waals surface area contributed by atoms with Gasteiger partial charge in [-0.3, -0.25) is 0 Å². The normalized spacial score (nSPS) is 9.55. The van der Waals surface area contributed by atoms with Crippen molar-refractivity contribution in [2.24, 2.45) is 0 Å². The fourth-order valence-electron chi connectivity index (χ4n) is 0.741. The first-order valence-corrected chi connectivity index (χ1v) is 4.08. The quantitative estimate of drug-likeness (QED) is 0.713. The number of hydrogen-bond donors (Lipinski definition) is 2. The molecule has 0 spiro atoms. The van der Waals surface area contributed by atoms with Gasteiger partial charge >= 0.3 is 6.09 Å². The van der Waals surface area contributed by atoms with Crippen LogP contribution < -0.4 is 5.32 Å². The molecule has 11 heavy (non-hydrogen) atoms. The average Bonchev–Trinajstić information content (AvgIpc) is 2.31. The molecule has 60 valence electrons. The second-order valence-corrected chi connectivity index (χ2v) is 3.19. The van der Waals surface area contributed by atoms with Crippen LogP contribution in [0.1, 0.15) is 10.4 Å². The van der Waals surface area contributed by atoms with Crippen LogP contribution in [0.2, 0.25) is 0 Å². The number of aryl methyl sites for hydroxylation is 1. The van der Waals surface area contributed by atoms with E-state index in [4.69, 9.17) is 5.11 Å². The number of hydrogen-bond acceptors (Lipinski definition) is 2. The van der Waals surface area contributed by atoms with Crippen molar-refractivity contribution in [1.29, 1.82) is 0 Å². The zero-order chi connectivity index (χ0) is 8.27. The summed E-state index contributed by atoms with van der Waals surface area (Å²) in [5, 5.41) is 12.6.